The molecule has 1 unspecified atom stereocenters. The van der Waals surface area contributed by atoms with Crippen LogP contribution < -0.4 is 10.5 Å². The Hall–Kier alpha value is -2.71. The Kier molecular flexibility index (Phi) is 4.47. The molecule has 3 aromatic heterocycles. The van der Waals surface area contributed by atoms with Crippen molar-refractivity contribution in [1.29, 1.82) is 0 Å². The fourth-order valence-electron chi connectivity index (χ4n) is 3.87. The molecule has 4 rings (SSSR count). The van der Waals surface area contributed by atoms with Crippen LogP contribution in [0.5, 0.6) is 0 Å². The third kappa shape index (κ3) is 3.18. The summed E-state index contributed by atoms with van der Waals surface area (Å²) < 4.78 is 3.94. The van der Waals surface area contributed by atoms with Crippen LogP contribution >= 0.6 is 0 Å². The molecule has 0 aliphatic carbocycles. The van der Waals surface area contributed by atoms with Gasteiger partial charge >= 0.3 is 0 Å². The van der Waals surface area contributed by atoms with Gasteiger partial charge in [0, 0.05) is 25.0 Å². The largest absolute Gasteiger partial charge is 0.342 e. The molecule has 0 amide bonds. The molecule has 1 saturated heterocycles. The highest BCUT2D eigenvalue weighted by Crippen LogP contribution is 2.29. The van der Waals surface area contributed by atoms with Crippen molar-refractivity contribution < 1.29 is 0 Å². The highest BCUT2D eigenvalue weighted by atomic mass is 16.1. The van der Waals surface area contributed by atoms with Gasteiger partial charge in [0.1, 0.15) is 17.5 Å². The minimum absolute atomic E-state index is 0.150. The second kappa shape index (κ2) is 6.72. The third-order valence-corrected chi connectivity index (χ3v) is 5.30. The van der Waals surface area contributed by atoms with E-state index in [0.717, 1.165) is 31.8 Å². The Bertz CT molecular complexity index is 1040. The van der Waals surface area contributed by atoms with Gasteiger partial charge in [0.2, 0.25) is 5.95 Å². The summed E-state index contributed by atoms with van der Waals surface area (Å²) >= 11 is 0. The van der Waals surface area contributed by atoms with Gasteiger partial charge in [-0.25, -0.2) is 4.68 Å². The number of rotatable bonds is 3. The monoisotopic (exact) mass is 384 g/mol. The van der Waals surface area contributed by atoms with Gasteiger partial charge in [-0.3, -0.25) is 9.78 Å². The lowest BCUT2D eigenvalue weighted by molar-refractivity contribution is 0.365. The van der Waals surface area contributed by atoms with Gasteiger partial charge in [0.15, 0.2) is 5.65 Å². The van der Waals surface area contributed by atoms with Gasteiger partial charge in [-0.15, -0.1) is 10.2 Å². The normalized spacial score (nSPS) is 18.4. The predicted molar refractivity (Wildman–Crippen MR) is 108 cm³/mol. The Balaban J connectivity index is 1.70. The van der Waals surface area contributed by atoms with Crippen molar-refractivity contribution in [3.63, 3.8) is 0 Å². The van der Waals surface area contributed by atoms with Crippen LogP contribution in [-0.4, -0.2) is 47.6 Å². The molecule has 9 nitrogen and oxygen atoms in total. The van der Waals surface area contributed by atoms with Crippen LogP contribution in [0.15, 0.2) is 17.3 Å². The van der Waals surface area contributed by atoms with Gasteiger partial charge in [-0.2, -0.15) is 10.1 Å². The van der Waals surface area contributed by atoms with Gasteiger partial charge in [-0.1, -0.05) is 0 Å². The maximum atomic E-state index is 12.6. The smallest absolute Gasteiger partial charge is 0.263 e. The summed E-state index contributed by atoms with van der Waals surface area (Å²) in [5.41, 5.74) is 0.222. The number of nitrogens with one attached hydrogen (secondary N) is 1. The van der Waals surface area contributed by atoms with E-state index in [-0.39, 0.29) is 17.0 Å². The lowest BCUT2D eigenvalue weighted by atomic mass is 9.97. The van der Waals surface area contributed by atoms with Crippen LogP contribution in [0.2, 0.25) is 0 Å². The van der Waals surface area contributed by atoms with E-state index in [1.54, 1.807) is 12.5 Å². The summed E-state index contributed by atoms with van der Waals surface area (Å²) in [7, 11) is 0. The Morgan fingerprint density at radius 2 is 2.07 bits per heavy atom. The third-order valence-electron chi connectivity index (χ3n) is 5.30. The first-order valence-corrected chi connectivity index (χ1v) is 9.88. The summed E-state index contributed by atoms with van der Waals surface area (Å²) in [6.45, 7) is 12.0. The molecule has 1 N–H and O–H groups in total. The maximum Gasteiger partial charge on any atom is 0.263 e. The number of anilines is 1. The zero-order valence-corrected chi connectivity index (χ0v) is 17.2. The molecule has 0 aromatic carbocycles. The highest BCUT2D eigenvalue weighted by Gasteiger charge is 2.28. The average molecular weight is 384 g/mol. The molecule has 0 bridgehead atoms. The first kappa shape index (κ1) is 18.6. The molecule has 9 heteroatoms. The first-order valence-electron chi connectivity index (χ1n) is 9.88. The van der Waals surface area contributed by atoms with Crippen molar-refractivity contribution in [1.82, 2.24) is 34.5 Å². The number of nitrogens with zero attached hydrogens (tertiary/aromatic N) is 7. The Morgan fingerprint density at radius 3 is 2.79 bits per heavy atom. The number of hydrogen-bond donors (Lipinski definition) is 1. The minimum Gasteiger partial charge on any atom is -0.342 e. The lowest BCUT2D eigenvalue weighted by Gasteiger charge is -2.33. The SMILES string of the molecule is CC(C)n1cnnc1C1CCCN(c2nc3c(cnn3C(C)(C)C)c(=O)[nH]2)C1. The van der Waals surface area contributed by atoms with E-state index >= 15 is 0 Å². The second-order valence-electron chi connectivity index (χ2n) is 8.83. The van der Waals surface area contributed by atoms with E-state index in [1.165, 1.54) is 0 Å². The summed E-state index contributed by atoms with van der Waals surface area (Å²) in [5.74, 6) is 1.86. The maximum absolute atomic E-state index is 12.6. The number of aromatic nitrogens is 7. The van der Waals surface area contributed by atoms with Crippen molar-refractivity contribution in [2.75, 3.05) is 18.0 Å². The zero-order chi connectivity index (χ0) is 20.1. The van der Waals surface area contributed by atoms with Crippen LogP contribution in [-0.2, 0) is 5.54 Å². The fraction of sp³-hybridized carbons (Fsp3) is 0.632. The summed E-state index contributed by atoms with van der Waals surface area (Å²) in [6.07, 6.45) is 5.46. The predicted octanol–water partition coefficient (Wildman–Crippen LogP) is 2.43. The van der Waals surface area contributed by atoms with Crippen LogP contribution in [0.25, 0.3) is 11.0 Å². The molecule has 4 heterocycles. The average Bonchev–Trinajstić information content (AvgIpc) is 3.28. The van der Waals surface area contributed by atoms with E-state index in [0.29, 0.717) is 23.0 Å². The van der Waals surface area contributed by atoms with Crippen LogP contribution in [0, 0.1) is 0 Å². The van der Waals surface area contributed by atoms with Crippen LogP contribution in [0.3, 0.4) is 0 Å². The highest BCUT2D eigenvalue weighted by molar-refractivity contribution is 5.74. The van der Waals surface area contributed by atoms with Crippen molar-refractivity contribution in [3.8, 4) is 0 Å². The minimum atomic E-state index is -0.252. The standard InChI is InChI=1S/C19H28N8O/c1-12(2)26-11-20-24-15(26)13-7-6-8-25(10-13)18-22-16-14(17(28)23-18)9-21-27(16)19(3,4)5/h9,11-13H,6-8,10H2,1-5H3,(H,22,23,28). The molecule has 150 valence electrons. The van der Waals surface area contributed by atoms with Gasteiger partial charge in [-0.05, 0) is 47.5 Å². The molecule has 1 aliphatic heterocycles. The number of aromatic amines is 1. The summed E-state index contributed by atoms with van der Waals surface area (Å²) in [6, 6.07) is 0.316. The van der Waals surface area contributed by atoms with Gasteiger partial charge in [0.05, 0.1) is 11.7 Å². The van der Waals surface area contributed by atoms with E-state index in [2.05, 4.69) is 64.4 Å². The number of piperidine rings is 1. The van der Waals surface area contributed by atoms with Crippen LogP contribution in [0.1, 0.15) is 65.2 Å². The number of hydrogen-bond acceptors (Lipinski definition) is 6. The topological polar surface area (TPSA) is 97.5 Å². The van der Waals surface area contributed by atoms with E-state index in [1.807, 2.05) is 4.68 Å². The fourth-order valence-corrected chi connectivity index (χ4v) is 3.87. The molecule has 0 radical (unpaired) electrons. The lowest BCUT2D eigenvalue weighted by Crippen LogP contribution is -2.37. The Morgan fingerprint density at radius 1 is 1.29 bits per heavy atom. The molecule has 1 aliphatic rings. The molecule has 0 spiro atoms. The van der Waals surface area contributed by atoms with E-state index < -0.39 is 0 Å². The van der Waals surface area contributed by atoms with Crippen molar-refractivity contribution >= 4 is 17.0 Å². The molecule has 3 aromatic rings. The number of H-pyrrole nitrogens is 1. The quantitative estimate of drug-likeness (QED) is 0.745. The molecular weight excluding hydrogens is 356 g/mol. The molecular formula is C19H28N8O. The number of fused-ring (bicyclic) bond motifs is 1. The Labute approximate surface area is 163 Å². The van der Waals surface area contributed by atoms with Crippen molar-refractivity contribution in [2.45, 2.75) is 65.0 Å². The zero-order valence-electron chi connectivity index (χ0n) is 17.2. The summed E-state index contributed by atoms with van der Waals surface area (Å²) in [5, 5.41) is 13.4. The summed E-state index contributed by atoms with van der Waals surface area (Å²) in [4.78, 5) is 22.5. The second-order valence-corrected chi connectivity index (χ2v) is 8.83. The van der Waals surface area contributed by atoms with Gasteiger partial charge < -0.3 is 9.47 Å². The first-order chi connectivity index (χ1) is 13.3. The van der Waals surface area contributed by atoms with Crippen LogP contribution in [0.4, 0.5) is 5.95 Å². The van der Waals surface area contributed by atoms with Gasteiger partial charge in [0.25, 0.3) is 5.56 Å². The molecule has 28 heavy (non-hydrogen) atoms. The molecule has 1 fully saturated rings. The van der Waals surface area contributed by atoms with Crippen molar-refractivity contribution in [3.05, 3.63) is 28.7 Å². The van der Waals surface area contributed by atoms with Crippen molar-refractivity contribution in [2.24, 2.45) is 0 Å². The van der Waals surface area contributed by atoms with E-state index in [4.69, 9.17) is 4.98 Å². The molecule has 1 atom stereocenters. The molecule has 0 saturated carbocycles. The van der Waals surface area contributed by atoms with E-state index in [9.17, 15) is 4.79 Å².